The lowest BCUT2D eigenvalue weighted by Gasteiger charge is -2.25. The SMILES string of the molecule is CN(c1ccc(NC(=O)c2cccs2)nc1)C1CCS(=O)(=O)C1. The number of carbonyl (C=O) groups is 1. The van der Waals surface area contributed by atoms with E-state index < -0.39 is 9.84 Å². The number of carbonyl (C=O) groups excluding carboxylic acids is 1. The maximum atomic E-state index is 12.0. The molecule has 1 saturated heterocycles. The summed E-state index contributed by atoms with van der Waals surface area (Å²) in [5.74, 6) is 0.708. The third-order valence-corrected chi connectivity index (χ3v) is 6.52. The van der Waals surface area contributed by atoms with E-state index in [1.165, 1.54) is 11.3 Å². The first kappa shape index (κ1) is 15.9. The Morgan fingerprint density at radius 3 is 2.78 bits per heavy atom. The standard InChI is InChI=1S/C15H17N3O3S2/c1-18(12-6-8-23(20,21)10-12)11-4-5-14(16-9-11)17-15(19)13-3-2-7-22-13/h2-5,7,9,12H,6,8,10H2,1H3,(H,16,17,19). The minimum absolute atomic E-state index is 0.0200. The molecule has 1 aliphatic rings. The summed E-state index contributed by atoms with van der Waals surface area (Å²) in [5, 5.41) is 4.58. The third-order valence-electron chi connectivity index (χ3n) is 3.90. The smallest absolute Gasteiger partial charge is 0.266 e. The number of sulfone groups is 1. The Morgan fingerprint density at radius 2 is 2.22 bits per heavy atom. The second-order valence-electron chi connectivity index (χ2n) is 5.50. The van der Waals surface area contributed by atoms with Gasteiger partial charge in [0.15, 0.2) is 9.84 Å². The maximum absolute atomic E-state index is 12.0. The van der Waals surface area contributed by atoms with Crippen molar-refractivity contribution in [2.45, 2.75) is 12.5 Å². The Hall–Kier alpha value is -1.93. The number of pyridine rings is 1. The lowest BCUT2D eigenvalue weighted by atomic mass is 10.2. The fraction of sp³-hybridized carbons (Fsp3) is 0.333. The van der Waals surface area contributed by atoms with E-state index in [1.54, 1.807) is 18.3 Å². The molecule has 3 heterocycles. The van der Waals surface area contributed by atoms with E-state index in [0.717, 1.165) is 5.69 Å². The van der Waals surface area contributed by atoms with Gasteiger partial charge in [-0.1, -0.05) is 6.07 Å². The minimum atomic E-state index is -2.92. The van der Waals surface area contributed by atoms with Crippen LogP contribution in [0, 0.1) is 0 Å². The van der Waals surface area contributed by atoms with Gasteiger partial charge in [0.05, 0.1) is 28.3 Å². The molecule has 2 aromatic rings. The van der Waals surface area contributed by atoms with Gasteiger partial charge in [0.1, 0.15) is 5.82 Å². The van der Waals surface area contributed by atoms with Gasteiger partial charge in [0, 0.05) is 13.1 Å². The fourth-order valence-corrected chi connectivity index (χ4v) is 4.94. The van der Waals surface area contributed by atoms with Crippen LogP contribution >= 0.6 is 11.3 Å². The van der Waals surface area contributed by atoms with Crippen LogP contribution in [0.5, 0.6) is 0 Å². The summed E-state index contributed by atoms with van der Waals surface area (Å²) in [4.78, 5) is 18.8. The van der Waals surface area contributed by atoms with Gasteiger partial charge in [-0.2, -0.15) is 0 Å². The van der Waals surface area contributed by atoms with Gasteiger partial charge in [-0.25, -0.2) is 13.4 Å². The molecule has 0 aliphatic carbocycles. The Bertz CT molecular complexity index is 786. The molecule has 2 aromatic heterocycles. The highest BCUT2D eigenvalue weighted by atomic mass is 32.2. The molecular formula is C15H17N3O3S2. The second-order valence-corrected chi connectivity index (χ2v) is 8.68. The molecule has 0 saturated carbocycles. The van der Waals surface area contributed by atoms with Crippen molar-refractivity contribution >= 4 is 38.6 Å². The lowest BCUT2D eigenvalue weighted by molar-refractivity contribution is 0.103. The molecular weight excluding hydrogens is 334 g/mol. The topological polar surface area (TPSA) is 79.4 Å². The van der Waals surface area contributed by atoms with Crippen LogP contribution in [0.1, 0.15) is 16.1 Å². The van der Waals surface area contributed by atoms with Crippen LogP contribution in [0.15, 0.2) is 35.8 Å². The number of anilines is 2. The molecule has 8 heteroatoms. The number of hydrogen-bond acceptors (Lipinski definition) is 6. The minimum Gasteiger partial charge on any atom is -0.369 e. The predicted molar refractivity (Wildman–Crippen MR) is 92.0 cm³/mol. The van der Waals surface area contributed by atoms with Crippen molar-refractivity contribution in [3.63, 3.8) is 0 Å². The molecule has 6 nitrogen and oxygen atoms in total. The van der Waals surface area contributed by atoms with E-state index >= 15 is 0 Å². The molecule has 1 amide bonds. The van der Waals surface area contributed by atoms with Crippen molar-refractivity contribution in [1.29, 1.82) is 0 Å². The van der Waals surface area contributed by atoms with Gasteiger partial charge in [-0.3, -0.25) is 4.79 Å². The van der Waals surface area contributed by atoms with Crippen molar-refractivity contribution in [3.05, 3.63) is 40.7 Å². The Morgan fingerprint density at radius 1 is 1.39 bits per heavy atom. The zero-order valence-corrected chi connectivity index (χ0v) is 14.2. The van der Waals surface area contributed by atoms with Gasteiger partial charge < -0.3 is 10.2 Å². The number of aromatic nitrogens is 1. The number of nitrogens with one attached hydrogen (secondary N) is 1. The van der Waals surface area contributed by atoms with Gasteiger partial charge in [0.2, 0.25) is 0 Å². The van der Waals surface area contributed by atoms with Crippen LogP contribution in [0.4, 0.5) is 11.5 Å². The summed E-state index contributed by atoms with van der Waals surface area (Å²) in [6.07, 6.45) is 2.28. The molecule has 122 valence electrons. The summed E-state index contributed by atoms with van der Waals surface area (Å²) in [5.41, 5.74) is 0.834. The zero-order chi connectivity index (χ0) is 16.4. The monoisotopic (exact) mass is 351 g/mol. The van der Waals surface area contributed by atoms with Crippen molar-refractivity contribution in [3.8, 4) is 0 Å². The molecule has 1 aliphatic heterocycles. The van der Waals surface area contributed by atoms with E-state index in [-0.39, 0.29) is 23.5 Å². The van der Waals surface area contributed by atoms with Crippen LogP contribution in [-0.4, -0.2) is 43.9 Å². The van der Waals surface area contributed by atoms with Crippen LogP contribution in [-0.2, 0) is 9.84 Å². The highest BCUT2D eigenvalue weighted by Gasteiger charge is 2.30. The van der Waals surface area contributed by atoms with Crippen molar-refractivity contribution in [2.75, 3.05) is 28.8 Å². The number of rotatable bonds is 4. The molecule has 23 heavy (non-hydrogen) atoms. The average Bonchev–Trinajstić information content (AvgIpc) is 3.17. The van der Waals surface area contributed by atoms with Crippen molar-refractivity contribution in [2.24, 2.45) is 0 Å². The van der Waals surface area contributed by atoms with Gasteiger partial charge in [-0.05, 0) is 30.0 Å². The maximum Gasteiger partial charge on any atom is 0.266 e. The molecule has 0 bridgehead atoms. The number of thiophene rings is 1. The summed E-state index contributed by atoms with van der Waals surface area (Å²) >= 11 is 1.37. The quantitative estimate of drug-likeness (QED) is 0.912. The Kier molecular flexibility index (Phi) is 4.36. The summed E-state index contributed by atoms with van der Waals surface area (Å²) in [6, 6.07) is 7.11. The lowest BCUT2D eigenvalue weighted by Crippen LogP contribution is -2.32. The highest BCUT2D eigenvalue weighted by Crippen LogP contribution is 2.23. The Balaban J connectivity index is 1.66. The van der Waals surface area contributed by atoms with Crippen LogP contribution in [0.25, 0.3) is 0 Å². The largest absolute Gasteiger partial charge is 0.369 e. The van der Waals surface area contributed by atoms with Gasteiger partial charge in [-0.15, -0.1) is 11.3 Å². The summed E-state index contributed by atoms with van der Waals surface area (Å²) in [6.45, 7) is 0. The third kappa shape index (κ3) is 3.70. The molecule has 1 fully saturated rings. The van der Waals surface area contributed by atoms with Crippen molar-refractivity contribution in [1.82, 2.24) is 4.98 Å². The Labute approximate surface area is 139 Å². The van der Waals surface area contributed by atoms with Gasteiger partial charge >= 0.3 is 0 Å². The average molecular weight is 351 g/mol. The molecule has 1 unspecified atom stereocenters. The number of amides is 1. The number of hydrogen-bond donors (Lipinski definition) is 1. The summed E-state index contributed by atoms with van der Waals surface area (Å²) < 4.78 is 23.2. The first-order valence-electron chi connectivity index (χ1n) is 7.19. The van der Waals surface area contributed by atoms with E-state index in [2.05, 4.69) is 10.3 Å². The van der Waals surface area contributed by atoms with Gasteiger partial charge in [0.25, 0.3) is 5.91 Å². The normalized spacial score (nSPS) is 19.4. The van der Waals surface area contributed by atoms with Crippen LogP contribution in [0.3, 0.4) is 0 Å². The molecule has 1 N–H and O–H groups in total. The van der Waals surface area contributed by atoms with E-state index in [4.69, 9.17) is 0 Å². The molecule has 0 spiro atoms. The molecule has 0 radical (unpaired) electrons. The predicted octanol–water partition coefficient (Wildman–Crippen LogP) is 2.02. The van der Waals surface area contributed by atoms with Crippen LogP contribution < -0.4 is 10.2 Å². The van der Waals surface area contributed by atoms with E-state index in [9.17, 15) is 13.2 Å². The van der Waals surface area contributed by atoms with Crippen LogP contribution in [0.2, 0.25) is 0 Å². The molecule has 0 aromatic carbocycles. The van der Waals surface area contributed by atoms with E-state index in [0.29, 0.717) is 17.1 Å². The zero-order valence-electron chi connectivity index (χ0n) is 12.6. The highest BCUT2D eigenvalue weighted by molar-refractivity contribution is 7.91. The summed E-state index contributed by atoms with van der Waals surface area (Å²) in [7, 11) is -1.05. The van der Waals surface area contributed by atoms with E-state index in [1.807, 2.05) is 29.5 Å². The fourth-order valence-electron chi connectivity index (χ4n) is 2.55. The first-order valence-corrected chi connectivity index (χ1v) is 9.89. The first-order chi connectivity index (χ1) is 10.9. The molecule has 3 rings (SSSR count). The number of nitrogens with zero attached hydrogens (tertiary/aromatic N) is 2. The second kappa shape index (κ2) is 6.29. The van der Waals surface area contributed by atoms with Crippen molar-refractivity contribution < 1.29 is 13.2 Å². The molecule has 1 atom stereocenters.